The molecule has 1 aliphatic rings. The molecule has 0 aromatic heterocycles. The second-order valence-electron chi connectivity index (χ2n) is 3.83. The molecule has 2 rings (SSSR count). The van der Waals surface area contributed by atoms with Crippen LogP contribution in [0.5, 0.6) is 0 Å². The molecule has 2 N–H and O–H groups in total. The molecule has 1 heterocycles. The lowest BCUT2D eigenvalue weighted by molar-refractivity contribution is -0.120. The average molecular weight is 259 g/mol. The maximum absolute atomic E-state index is 11.9. The second kappa shape index (κ2) is 4.62. The molecule has 1 aromatic rings. The summed E-state index contributed by atoms with van der Waals surface area (Å²) in [7, 11) is 0. The highest BCUT2D eigenvalue weighted by atomic mass is 35.5. The molecule has 1 unspecified atom stereocenters. The first-order valence-electron chi connectivity index (χ1n) is 5.11. The van der Waals surface area contributed by atoms with Crippen LogP contribution < -0.4 is 10.6 Å². The molecule has 0 spiro atoms. The smallest absolute Gasteiger partial charge is 0.243 e. The third-order valence-electron chi connectivity index (χ3n) is 2.68. The Morgan fingerprint density at radius 3 is 2.81 bits per heavy atom. The van der Waals surface area contributed by atoms with Crippen molar-refractivity contribution < 1.29 is 4.79 Å². The van der Waals surface area contributed by atoms with E-state index in [1.807, 2.05) is 0 Å². The van der Waals surface area contributed by atoms with Crippen LogP contribution in [0, 0.1) is 0 Å². The Balaban J connectivity index is 2.32. The fraction of sp³-hybridized carbons (Fsp3) is 0.364. The highest BCUT2D eigenvalue weighted by Gasteiger charge is 2.27. The van der Waals surface area contributed by atoms with Gasteiger partial charge >= 0.3 is 0 Å². The first-order valence-corrected chi connectivity index (χ1v) is 5.87. The molecule has 1 aliphatic heterocycles. The number of benzene rings is 1. The normalized spacial score (nSPS) is 21.3. The quantitative estimate of drug-likeness (QED) is 0.842. The van der Waals surface area contributed by atoms with Crippen molar-refractivity contribution in [2.75, 3.05) is 11.4 Å². The van der Waals surface area contributed by atoms with Crippen LogP contribution in [-0.2, 0) is 4.79 Å². The molecule has 1 saturated heterocycles. The van der Waals surface area contributed by atoms with Crippen LogP contribution in [0.15, 0.2) is 18.2 Å². The van der Waals surface area contributed by atoms with Gasteiger partial charge in [-0.05, 0) is 31.0 Å². The monoisotopic (exact) mass is 258 g/mol. The lowest BCUT2D eigenvalue weighted by Crippen LogP contribution is -2.48. The van der Waals surface area contributed by atoms with Gasteiger partial charge in [0.1, 0.15) is 0 Å². The van der Waals surface area contributed by atoms with Crippen molar-refractivity contribution >= 4 is 34.8 Å². The van der Waals surface area contributed by atoms with Crippen LogP contribution in [0.4, 0.5) is 5.69 Å². The second-order valence-corrected chi connectivity index (χ2v) is 4.68. The maximum Gasteiger partial charge on any atom is 0.243 e. The van der Waals surface area contributed by atoms with Crippen molar-refractivity contribution in [1.29, 1.82) is 0 Å². The Morgan fingerprint density at radius 1 is 1.38 bits per heavy atom. The molecule has 1 amide bonds. The summed E-state index contributed by atoms with van der Waals surface area (Å²) in [5, 5.41) is 1.04. The van der Waals surface area contributed by atoms with E-state index in [1.165, 1.54) is 0 Å². The third-order valence-corrected chi connectivity index (χ3v) is 3.22. The van der Waals surface area contributed by atoms with Gasteiger partial charge in [0, 0.05) is 11.6 Å². The summed E-state index contributed by atoms with van der Waals surface area (Å²) in [6, 6.07) is 4.68. The SMILES string of the molecule is NC1CCCN(c2ccc(Cl)cc2Cl)C1=O. The van der Waals surface area contributed by atoms with E-state index in [1.54, 1.807) is 23.1 Å². The maximum atomic E-state index is 11.9. The first-order chi connectivity index (χ1) is 7.59. The van der Waals surface area contributed by atoms with Gasteiger partial charge in [0.05, 0.1) is 16.8 Å². The van der Waals surface area contributed by atoms with Crippen molar-refractivity contribution in [2.45, 2.75) is 18.9 Å². The predicted octanol–water partition coefficient (Wildman–Crippen LogP) is 2.45. The van der Waals surface area contributed by atoms with Crippen LogP contribution in [0.3, 0.4) is 0 Å². The van der Waals surface area contributed by atoms with Gasteiger partial charge in [-0.25, -0.2) is 0 Å². The molecule has 0 aliphatic carbocycles. The van der Waals surface area contributed by atoms with Gasteiger partial charge in [-0.15, -0.1) is 0 Å². The molecule has 1 atom stereocenters. The Labute approximate surface area is 104 Å². The standard InChI is InChI=1S/C11H12Cl2N2O/c12-7-3-4-10(8(13)6-7)15-5-1-2-9(14)11(15)16/h3-4,6,9H,1-2,5,14H2. The van der Waals surface area contributed by atoms with Crippen molar-refractivity contribution in [3.05, 3.63) is 28.2 Å². The summed E-state index contributed by atoms with van der Waals surface area (Å²) in [5.41, 5.74) is 6.41. The number of anilines is 1. The summed E-state index contributed by atoms with van der Waals surface area (Å²) >= 11 is 11.9. The molecule has 5 heteroatoms. The number of amides is 1. The predicted molar refractivity (Wildman–Crippen MR) is 66.0 cm³/mol. The van der Waals surface area contributed by atoms with E-state index >= 15 is 0 Å². The molecule has 86 valence electrons. The summed E-state index contributed by atoms with van der Waals surface area (Å²) in [5.74, 6) is -0.0736. The van der Waals surface area contributed by atoms with E-state index in [9.17, 15) is 4.79 Å². The largest absolute Gasteiger partial charge is 0.320 e. The molecule has 0 radical (unpaired) electrons. The van der Waals surface area contributed by atoms with E-state index in [-0.39, 0.29) is 5.91 Å². The minimum Gasteiger partial charge on any atom is -0.320 e. The zero-order valence-corrected chi connectivity index (χ0v) is 10.1. The van der Waals surface area contributed by atoms with Crippen molar-refractivity contribution in [2.24, 2.45) is 5.73 Å². The van der Waals surface area contributed by atoms with E-state index in [0.717, 1.165) is 12.8 Å². The number of hydrogen-bond acceptors (Lipinski definition) is 2. The van der Waals surface area contributed by atoms with Crippen molar-refractivity contribution in [3.8, 4) is 0 Å². The van der Waals surface area contributed by atoms with Crippen LogP contribution in [0.2, 0.25) is 10.0 Å². The van der Waals surface area contributed by atoms with Gasteiger partial charge in [0.2, 0.25) is 5.91 Å². The third kappa shape index (κ3) is 2.17. The minimum atomic E-state index is -0.416. The van der Waals surface area contributed by atoms with Crippen LogP contribution in [-0.4, -0.2) is 18.5 Å². The Kier molecular flexibility index (Phi) is 3.38. The fourth-order valence-corrected chi connectivity index (χ4v) is 2.35. The molecule has 0 bridgehead atoms. The molecule has 16 heavy (non-hydrogen) atoms. The van der Waals surface area contributed by atoms with Gasteiger partial charge in [0.15, 0.2) is 0 Å². The molecular weight excluding hydrogens is 247 g/mol. The van der Waals surface area contributed by atoms with Gasteiger partial charge in [-0.3, -0.25) is 4.79 Å². The fourth-order valence-electron chi connectivity index (χ4n) is 1.84. The van der Waals surface area contributed by atoms with E-state index in [2.05, 4.69) is 0 Å². The van der Waals surface area contributed by atoms with Gasteiger partial charge in [-0.2, -0.15) is 0 Å². The Morgan fingerprint density at radius 2 is 2.12 bits per heavy atom. The van der Waals surface area contributed by atoms with Crippen LogP contribution >= 0.6 is 23.2 Å². The minimum absolute atomic E-state index is 0.0736. The topological polar surface area (TPSA) is 46.3 Å². The number of nitrogens with two attached hydrogens (primary N) is 1. The van der Waals surface area contributed by atoms with Crippen LogP contribution in [0.1, 0.15) is 12.8 Å². The number of nitrogens with zero attached hydrogens (tertiary/aromatic N) is 1. The first kappa shape index (κ1) is 11.7. The summed E-state index contributed by atoms with van der Waals surface area (Å²) in [6.45, 7) is 0.661. The van der Waals surface area contributed by atoms with Crippen LogP contribution in [0.25, 0.3) is 0 Å². The number of piperidine rings is 1. The number of hydrogen-bond donors (Lipinski definition) is 1. The van der Waals surface area contributed by atoms with E-state index in [4.69, 9.17) is 28.9 Å². The Bertz CT molecular complexity index is 422. The number of halogens is 2. The molecular formula is C11H12Cl2N2O. The highest BCUT2D eigenvalue weighted by Crippen LogP contribution is 2.30. The lowest BCUT2D eigenvalue weighted by Gasteiger charge is -2.31. The summed E-state index contributed by atoms with van der Waals surface area (Å²) in [4.78, 5) is 13.5. The zero-order chi connectivity index (χ0) is 11.7. The van der Waals surface area contributed by atoms with E-state index in [0.29, 0.717) is 22.3 Å². The van der Waals surface area contributed by atoms with Gasteiger partial charge in [0.25, 0.3) is 0 Å². The zero-order valence-electron chi connectivity index (χ0n) is 8.62. The lowest BCUT2D eigenvalue weighted by atomic mass is 10.0. The Hall–Kier alpha value is -0.770. The van der Waals surface area contributed by atoms with Gasteiger partial charge < -0.3 is 10.6 Å². The average Bonchev–Trinajstić information content (AvgIpc) is 2.23. The summed E-state index contributed by atoms with van der Waals surface area (Å²) in [6.07, 6.45) is 1.63. The van der Waals surface area contributed by atoms with Crippen molar-refractivity contribution in [3.63, 3.8) is 0 Å². The number of rotatable bonds is 1. The molecule has 1 fully saturated rings. The van der Waals surface area contributed by atoms with Crippen molar-refractivity contribution in [1.82, 2.24) is 0 Å². The number of carbonyl (C=O) groups excluding carboxylic acids is 1. The van der Waals surface area contributed by atoms with Gasteiger partial charge in [-0.1, -0.05) is 23.2 Å². The molecule has 1 aromatic carbocycles. The van der Waals surface area contributed by atoms with E-state index < -0.39 is 6.04 Å². The summed E-state index contributed by atoms with van der Waals surface area (Å²) < 4.78 is 0. The molecule has 3 nitrogen and oxygen atoms in total. The number of carbonyl (C=O) groups is 1. The molecule has 0 saturated carbocycles. The highest BCUT2D eigenvalue weighted by molar-refractivity contribution is 6.36.